The first-order valence-corrected chi connectivity index (χ1v) is 41.5. The second kappa shape index (κ2) is 79.0. The summed E-state index contributed by atoms with van der Waals surface area (Å²) in [7, 11) is 0. The van der Waals surface area contributed by atoms with Gasteiger partial charge in [0, 0.05) is 12.8 Å². The van der Waals surface area contributed by atoms with E-state index in [1.807, 2.05) is 6.08 Å². The van der Waals surface area contributed by atoms with Gasteiger partial charge < -0.3 is 20.3 Å². The number of esters is 1. The smallest absolute Gasteiger partial charge is 0.305 e. The van der Waals surface area contributed by atoms with Crippen molar-refractivity contribution in [1.82, 2.24) is 5.32 Å². The van der Waals surface area contributed by atoms with Crippen molar-refractivity contribution in [3.05, 3.63) is 12.2 Å². The van der Waals surface area contributed by atoms with Gasteiger partial charge in [-0.3, -0.25) is 9.59 Å². The van der Waals surface area contributed by atoms with Crippen LogP contribution in [0.25, 0.3) is 0 Å². The van der Waals surface area contributed by atoms with E-state index in [0.717, 1.165) is 38.5 Å². The van der Waals surface area contributed by atoms with E-state index in [1.54, 1.807) is 6.08 Å². The summed E-state index contributed by atoms with van der Waals surface area (Å²) in [5.74, 6) is -0.0316. The normalized spacial score (nSPS) is 12.4. The fourth-order valence-electron chi connectivity index (χ4n) is 13.5. The van der Waals surface area contributed by atoms with Crippen molar-refractivity contribution in [2.75, 3.05) is 13.2 Å². The predicted octanol–water partition coefficient (Wildman–Crippen LogP) is 27.4. The van der Waals surface area contributed by atoms with Gasteiger partial charge in [0.25, 0.3) is 0 Å². The lowest BCUT2D eigenvalue weighted by molar-refractivity contribution is -0.143. The fourth-order valence-corrected chi connectivity index (χ4v) is 13.5. The average molecular weight is 1260 g/mol. The summed E-state index contributed by atoms with van der Waals surface area (Å²) < 4.78 is 5.51. The summed E-state index contributed by atoms with van der Waals surface area (Å²) >= 11 is 0. The maximum Gasteiger partial charge on any atom is 0.305 e. The van der Waals surface area contributed by atoms with Crippen molar-refractivity contribution in [3.8, 4) is 0 Å². The molecule has 0 bridgehead atoms. The minimum atomic E-state index is -0.842. The minimum Gasteiger partial charge on any atom is -0.466 e. The molecule has 0 heterocycles. The minimum absolute atomic E-state index is 0.0258. The molecule has 89 heavy (non-hydrogen) atoms. The lowest BCUT2D eigenvalue weighted by Crippen LogP contribution is -2.45. The van der Waals surface area contributed by atoms with Crippen LogP contribution in [0.1, 0.15) is 483 Å². The molecule has 0 aliphatic rings. The first-order valence-electron chi connectivity index (χ1n) is 41.5. The van der Waals surface area contributed by atoms with Crippen LogP contribution in [-0.4, -0.2) is 47.4 Å². The SMILES string of the molecule is CCCCCCCCCCCCCCCCCCCCCCCC/C=C/C(O)C(CO)NC(=O)CCCCCCCCCCCCCCCCCCCCCCCCCCCCCCCCCCOC(=O)CCCCCCCCCCCCCCCCCC. The number of amides is 1. The molecule has 530 valence electrons. The van der Waals surface area contributed by atoms with Gasteiger partial charge in [0.05, 0.1) is 25.4 Å². The van der Waals surface area contributed by atoms with Gasteiger partial charge in [0.2, 0.25) is 5.91 Å². The third kappa shape index (κ3) is 75.5. The molecule has 0 spiro atoms. The predicted molar refractivity (Wildman–Crippen MR) is 394 cm³/mol. The van der Waals surface area contributed by atoms with E-state index in [9.17, 15) is 19.8 Å². The molecule has 0 rings (SSSR count). The highest BCUT2D eigenvalue weighted by atomic mass is 16.5. The highest BCUT2D eigenvalue weighted by Gasteiger charge is 2.18. The van der Waals surface area contributed by atoms with Crippen molar-refractivity contribution in [3.63, 3.8) is 0 Å². The Bertz CT molecular complexity index is 1350. The lowest BCUT2D eigenvalue weighted by Gasteiger charge is -2.20. The second-order valence-corrected chi connectivity index (χ2v) is 28.8. The fraction of sp³-hybridized carbons (Fsp3) is 0.952. The van der Waals surface area contributed by atoms with Crippen molar-refractivity contribution < 1.29 is 24.5 Å². The molecule has 0 aliphatic carbocycles. The van der Waals surface area contributed by atoms with Crippen LogP contribution in [0.2, 0.25) is 0 Å². The first kappa shape index (κ1) is 87.6. The lowest BCUT2D eigenvalue weighted by atomic mass is 10.0. The third-order valence-corrected chi connectivity index (χ3v) is 19.8. The van der Waals surface area contributed by atoms with E-state index in [0.29, 0.717) is 19.4 Å². The van der Waals surface area contributed by atoms with Crippen LogP contribution < -0.4 is 5.32 Å². The molecule has 0 aliphatic heterocycles. The summed E-state index contributed by atoms with van der Waals surface area (Å²) in [4.78, 5) is 24.7. The van der Waals surface area contributed by atoms with E-state index in [2.05, 4.69) is 19.2 Å². The van der Waals surface area contributed by atoms with Crippen LogP contribution in [-0.2, 0) is 14.3 Å². The number of allylic oxidation sites excluding steroid dienone is 1. The molecule has 0 saturated carbocycles. The summed E-state index contributed by atoms with van der Waals surface area (Å²) in [6, 6.07) is -0.625. The molecular weight excluding hydrogens is 1090 g/mol. The molecular formula is C83H163NO5. The van der Waals surface area contributed by atoms with Crippen molar-refractivity contribution in [1.29, 1.82) is 0 Å². The Morgan fingerprint density at radius 3 is 0.764 bits per heavy atom. The quantitative estimate of drug-likeness (QED) is 0.0320. The van der Waals surface area contributed by atoms with Gasteiger partial charge >= 0.3 is 5.97 Å². The Morgan fingerprint density at radius 1 is 0.303 bits per heavy atom. The maximum atomic E-state index is 12.6. The largest absolute Gasteiger partial charge is 0.466 e. The maximum absolute atomic E-state index is 12.6. The van der Waals surface area contributed by atoms with Gasteiger partial charge in [-0.15, -0.1) is 0 Å². The zero-order valence-corrected chi connectivity index (χ0v) is 61.0. The van der Waals surface area contributed by atoms with Crippen LogP contribution >= 0.6 is 0 Å². The first-order chi connectivity index (χ1) is 44.0. The van der Waals surface area contributed by atoms with Gasteiger partial charge in [0.15, 0.2) is 0 Å². The zero-order chi connectivity index (χ0) is 64.2. The number of unbranched alkanes of at least 4 members (excludes halogenated alkanes) is 68. The molecule has 0 aromatic heterocycles. The molecule has 0 radical (unpaired) electrons. The molecule has 0 aromatic rings. The molecule has 0 aromatic carbocycles. The zero-order valence-electron chi connectivity index (χ0n) is 61.0. The van der Waals surface area contributed by atoms with Crippen molar-refractivity contribution in [2.24, 2.45) is 0 Å². The summed E-state index contributed by atoms with van der Waals surface area (Å²) in [5.41, 5.74) is 0. The Morgan fingerprint density at radius 2 is 0.517 bits per heavy atom. The van der Waals surface area contributed by atoms with Gasteiger partial charge in [-0.2, -0.15) is 0 Å². The number of hydrogen-bond donors (Lipinski definition) is 3. The Labute approximate surface area is 559 Å². The van der Waals surface area contributed by atoms with E-state index in [-0.39, 0.29) is 18.5 Å². The summed E-state index contributed by atoms with van der Waals surface area (Å²) in [6.07, 6.45) is 101. The van der Waals surface area contributed by atoms with Crippen LogP contribution in [0, 0.1) is 0 Å². The number of hydrogen-bond acceptors (Lipinski definition) is 5. The number of aliphatic hydroxyl groups excluding tert-OH is 2. The van der Waals surface area contributed by atoms with Gasteiger partial charge in [-0.1, -0.05) is 450 Å². The van der Waals surface area contributed by atoms with Crippen LogP contribution in [0.15, 0.2) is 12.2 Å². The number of carbonyl (C=O) groups is 2. The average Bonchev–Trinajstić information content (AvgIpc) is 3.57. The van der Waals surface area contributed by atoms with E-state index < -0.39 is 12.1 Å². The van der Waals surface area contributed by atoms with Crippen LogP contribution in [0.3, 0.4) is 0 Å². The second-order valence-electron chi connectivity index (χ2n) is 28.8. The molecule has 0 saturated heterocycles. The van der Waals surface area contributed by atoms with E-state index in [1.165, 1.54) is 417 Å². The summed E-state index contributed by atoms with van der Waals surface area (Å²) in [5, 5.41) is 23.3. The van der Waals surface area contributed by atoms with E-state index in [4.69, 9.17) is 4.74 Å². The van der Waals surface area contributed by atoms with Gasteiger partial charge in [0.1, 0.15) is 0 Å². The topological polar surface area (TPSA) is 95.9 Å². The molecule has 3 N–H and O–H groups in total. The number of rotatable bonds is 79. The standard InChI is InChI=1S/C83H163NO5/c1-3-5-7-9-11-13-15-17-19-21-22-23-24-35-38-41-44-47-51-55-59-63-67-71-75-81(86)80(79-85)84-82(87)76-72-68-64-60-56-52-48-45-42-39-36-33-31-29-27-25-26-28-30-32-34-37-40-43-46-50-54-58-62-66-70-74-78-89-83(88)77-73-69-65-61-57-53-49-20-18-16-14-12-10-8-6-4-2/h71,75,80-81,85-86H,3-70,72-74,76-79H2,1-2H3,(H,84,87)/b75-71+. The Hall–Kier alpha value is -1.40. The van der Waals surface area contributed by atoms with E-state index >= 15 is 0 Å². The highest BCUT2D eigenvalue weighted by molar-refractivity contribution is 5.76. The van der Waals surface area contributed by atoms with Crippen LogP contribution in [0.5, 0.6) is 0 Å². The number of carbonyl (C=O) groups excluding carboxylic acids is 2. The monoisotopic (exact) mass is 1250 g/mol. The number of ether oxygens (including phenoxy) is 1. The molecule has 6 heteroatoms. The molecule has 1 amide bonds. The number of nitrogens with one attached hydrogen (secondary N) is 1. The molecule has 2 unspecified atom stereocenters. The van der Waals surface area contributed by atoms with Crippen molar-refractivity contribution >= 4 is 11.9 Å². The molecule has 0 fully saturated rings. The highest BCUT2D eigenvalue weighted by Crippen LogP contribution is 2.21. The molecule has 2 atom stereocenters. The Kier molecular flexibility index (Phi) is 77.8. The van der Waals surface area contributed by atoms with Gasteiger partial charge in [-0.25, -0.2) is 0 Å². The third-order valence-electron chi connectivity index (χ3n) is 19.8. The van der Waals surface area contributed by atoms with Crippen LogP contribution in [0.4, 0.5) is 0 Å². The molecule has 6 nitrogen and oxygen atoms in total. The Balaban J connectivity index is 3.34. The summed E-state index contributed by atoms with van der Waals surface area (Å²) in [6.45, 7) is 4.97. The van der Waals surface area contributed by atoms with Crippen molar-refractivity contribution in [2.45, 2.75) is 495 Å². The van der Waals surface area contributed by atoms with Gasteiger partial charge in [-0.05, 0) is 32.1 Å². The number of aliphatic hydroxyl groups is 2.